The predicted molar refractivity (Wildman–Crippen MR) is 272 cm³/mol. The van der Waals surface area contributed by atoms with E-state index < -0.39 is 41.3 Å². The van der Waals surface area contributed by atoms with Gasteiger partial charge in [-0.05, 0) is 82.0 Å². The van der Waals surface area contributed by atoms with Gasteiger partial charge in [0.05, 0.1) is 41.4 Å². The van der Waals surface area contributed by atoms with Gasteiger partial charge in [-0.1, -0.05) is 55.7 Å². The molecule has 2 fully saturated rings. The van der Waals surface area contributed by atoms with Crippen LogP contribution in [0.4, 0.5) is 23.1 Å². The zero-order chi connectivity index (χ0) is 51.8. The molecule has 9 rings (SSSR count). The van der Waals surface area contributed by atoms with Crippen molar-refractivity contribution < 1.29 is 43.0 Å². The maximum absolute atomic E-state index is 13.3. The highest BCUT2D eigenvalue weighted by atomic mass is 16.6. The summed E-state index contributed by atoms with van der Waals surface area (Å²) in [6.07, 6.45) is 7.77. The van der Waals surface area contributed by atoms with Gasteiger partial charge in [0, 0.05) is 75.2 Å². The van der Waals surface area contributed by atoms with Gasteiger partial charge in [-0.25, -0.2) is 9.78 Å². The number of hydrogen-bond acceptors (Lipinski definition) is 18. The van der Waals surface area contributed by atoms with Crippen LogP contribution in [0.2, 0.25) is 0 Å². The Hall–Kier alpha value is -7.62. The summed E-state index contributed by atoms with van der Waals surface area (Å²) in [6.45, 7) is 9.15. The smallest absolute Gasteiger partial charge is 0.339 e. The average Bonchev–Trinajstić information content (AvgIpc) is 4.04. The van der Waals surface area contributed by atoms with Crippen molar-refractivity contribution in [2.24, 2.45) is 0 Å². The van der Waals surface area contributed by atoms with E-state index in [1.807, 2.05) is 50.2 Å². The Labute approximate surface area is 428 Å². The summed E-state index contributed by atoms with van der Waals surface area (Å²) in [7, 11) is 0. The first-order valence-electron chi connectivity index (χ1n) is 25.4. The van der Waals surface area contributed by atoms with Crippen molar-refractivity contribution in [3.8, 4) is 11.5 Å². The van der Waals surface area contributed by atoms with Gasteiger partial charge in [-0.2, -0.15) is 4.98 Å². The Bertz CT molecular complexity index is 2890. The molecule has 0 radical (unpaired) electrons. The summed E-state index contributed by atoms with van der Waals surface area (Å²) in [6, 6.07) is 18.4. The zero-order valence-electron chi connectivity index (χ0n) is 41.7. The number of rotatable bonds is 23. The molecule has 2 saturated heterocycles. The molecule has 21 heteroatoms. The molecule has 6 heterocycles. The molecule has 0 spiro atoms. The third kappa shape index (κ3) is 11.9. The zero-order valence-corrected chi connectivity index (χ0v) is 41.7. The first kappa shape index (κ1) is 51.3. The molecular formula is C53H62N12O9. The van der Waals surface area contributed by atoms with Crippen LogP contribution in [-0.4, -0.2) is 140 Å². The Balaban J connectivity index is 0.670. The van der Waals surface area contributed by atoms with Crippen LogP contribution in [0.15, 0.2) is 77.3 Å². The van der Waals surface area contributed by atoms with Crippen LogP contribution in [-0.2, 0) is 31.1 Å². The van der Waals surface area contributed by atoms with Crippen LogP contribution >= 0.6 is 0 Å². The van der Waals surface area contributed by atoms with E-state index >= 15 is 0 Å². The summed E-state index contributed by atoms with van der Waals surface area (Å²) in [5.74, 6) is -1.07. The number of cyclic esters (lactones) is 1. The van der Waals surface area contributed by atoms with E-state index in [2.05, 4.69) is 51.6 Å². The van der Waals surface area contributed by atoms with Crippen LogP contribution in [0, 0.1) is 0 Å². The number of esters is 1. The molecule has 2 aromatic heterocycles. The highest BCUT2D eigenvalue weighted by Gasteiger charge is 2.45. The fourth-order valence-corrected chi connectivity index (χ4v) is 9.80. The number of carbonyl (C=O) groups excluding carboxylic acids is 6. The van der Waals surface area contributed by atoms with Gasteiger partial charge in [0.25, 0.3) is 17.7 Å². The lowest BCUT2D eigenvalue weighted by Gasteiger charge is -2.34. The lowest BCUT2D eigenvalue weighted by Crippen LogP contribution is -2.54. The molecule has 388 valence electrons. The number of ether oxygens (including phenoxy) is 1. The summed E-state index contributed by atoms with van der Waals surface area (Å²) >= 11 is 0. The minimum absolute atomic E-state index is 0.0218. The van der Waals surface area contributed by atoms with Crippen molar-refractivity contribution in [3.63, 3.8) is 0 Å². The molecule has 6 N–H and O–H groups in total. The number of nitrogens with zero attached hydrogens (tertiary/aromatic N) is 7. The topological polar surface area (TPSA) is 266 Å². The Kier molecular flexibility index (Phi) is 16.0. The second-order valence-electron chi connectivity index (χ2n) is 19.5. The van der Waals surface area contributed by atoms with E-state index in [0.717, 1.165) is 87.3 Å². The number of aromatic nitrogens is 4. The van der Waals surface area contributed by atoms with Crippen molar-refractivity contribution >= 4 is 58.6 Å². The normalized spacial score (nSPS) is 17.9. The molecule has 4 aliphatic rings. The van der Waals surface area contributed by atoms with E-state index in [-0.39, 0.29) is 54.3 Å². The van der Waals surface area contributed by atoms with Gasteiger partial charge in [-0.3, -0.25) is 39.1 Å². The van der Waals surface area contributed by atoms with E-state index in [9.17, 15) is 33.9 Å². The van der Waals surface area contributed by atoms with Crippen molar-refractivity contribution in [1.29, 1.82) is 0 Å². The number of unbranched alkanes of at least 4 members (excludes halogenated alkanes) is 4. The van der Waals surface area contributed by atoms with Crippen molar-refractivity contribution in [1.82, 2.24) is 45.5 Å². The quantitative estimate of drug-likeness (QED) is 0.0287. The molecule has 5 aromatic rings. The molecule has 21 nitrogen and oxygen atoms in total. The Morgan fingerprint density at radius 2 is 1.62 bits per heavy atom. The van der Waals surface area contributed by atoms with Crippen LogP contribution in [0.25, 0.3) is 11.5 Å². The molecule has 3 aromatic carbocycles. The summed E-state index contributed by atoms with van der Waals surface area (Å²) in [5, 5.41) is 34.3. The number of carbonyl (C=O) groups is 6. The van der Waals surface area contributed by atoms with Gasteiger partial charge in [0.2, 0.25) is 29.6 Å². The highest BCUT2D eigenvalue weighted by molar-refractivity contribution is 6.25. The molecule has 0 aliphatic carbocycles. The minimum Gasteiger partial charge on any atom is -0.451 e. The fraction of sp³-hybridized carbons (Fsp3) is 0.434. The second-order valence-corrected chi connectivity index (χ2v) is 19.5. The van der Waals surface area contributed by atoms with Crippen LogP contribution < -0.4 is 26.6 Å². The van der Waals surface area contributed by atoms with Crippen molar-refractivity contribution in [3.05, 3.63) is 107 Å². The number of imide groups is 2. The maximum Gasteiger partial charge on any atom is 0.339 e. The number of piperidine rings is 1. The number of fused-ring (bicyclic) bond motifs is 2. The van der Waals surface area contributed by atoms with Gasteiger partial charge in [-0.15, -0.1) is 10.2 Å². The third-order valence-electron chi connectivity index (χ3n) is 13.8. The first-order valence-corrected chi connectivity index (χ1v) is 25.4. The molecule has 5 amide bonds. The second kappa shape index (κ2) is 23.1. The molecule has 1 unspecified atom stereocenters. The largest absolute Gasteiger partial charge is 0.451 e. The van der Waals surface area contributed by atoms with E-state index in [4.69, 9.17) is 14.1 Å². The number of anilines is 4. The SMILES string of the molecule is CC1(C)OC(=O)c2ccc(Nc3ncc(-c4nnc(CCCN5CCN(CC(=O)NCCCCCCCNc6cccc7c6C(=O)N(C6CCC(=O)NC6=O)C7=O)CC5)o4)c(N[C@H](CO)c4ccccc4)n3)cc21. The van der Waals surface area contributed by atoms with Crippen LogP contribution in [0.3, 0.4) is 0 Å². The van der Waals surface area contributed by atoms with Crippen molar-refractivity contribution in [2.75, 3.05) is 74.9 Å². The molecule has 4 aliphatic heterocycles. The number of aliphatic hydroxyl groups is 1. The standard InChI is InChI=1S/C53H62N12O9/c1-53(2)38-29-34(18-19-35(38)51(72)74-53)57-52-56-30-37(46(60-52)58-40(32-66)33-13-7-6-8-14-33)48-62-61-44(73-48)17-12-24-63-25-27-64(28-26-63)31-43(68)55-23-10-5-3-4-9-22-54-39-16-11-15-36-45(39)50(71)65(49(36)70)41-20-21-42(67)59-47(41)69/h6-8,11,13-16,18-19,29-30,40-41,54,66H,3-5,9-10,12,17,20-28,31-32H2,1-2H3,(H,55,68)(H,59,67,69)(H2,56,57,58,60)/t40-,41?/m1/s1. The van der Waals surface area contributed by atoms with Crippen LogP contribution in [0.5, 0.6) is 0 Å². The van der Waals surface area contributed by atoms with Gasteiger partial charge in [0.1, 0.15) is 17.5 Å². The van der Waals surface area contributed by atoms with E-state index in [0.29, 0.717) is 60.3 Å². The Morgan fingerprint density at radius 3 is 2.41 bits per heavy atom. The summed E-state index contributed by atoms with van der Waals surface area (Å²) in [5.41, 5.74) is 3.57. The number of hydrogen-bond donors (Lipinski definition) is 6. The molecule has 0 bridgehead atoms. The van der Waals surface area contributed by atoms with E-state index in [1.54, 1.807) is 36.5 Å². The number of amides is 5. The minimum atomic E-state index is -1.00. The predicted octanol–water partition coefficient (Wildman–Crippen LogP) is 4.95. The summed E-state index contributed by atoms with van der Waals surface area (Å²) < 4.78 is 11.7. The monoisotopic (exact) mass is 1010 g/mol. The number of benzene rings is 3. The summed E-state index contributed by atoms with van der Waals surface area (Å²) in [4.78, 5) is 90.5. The lowest BCUT2D eigenvalue weighted by molar-refractivity contribution is -0.136. The van der Waals surface area contributed by atoms with Gasteiger partial charge < -0.3 is 40.4 Å². The number of nitrogens with one attached hydrogen (secondary N) is 5. The molecular weight excluding hydrogens is 949 g/mol. The average molecular weight is 1010 g/mol. The number of aryl methyl sites for hydroxylation is 1. The van der Waals surface area contributed by atoms with Gasteiger partial charge >= 0.3 is 5.97 Å². The van der Waals surface area contributed by atoms with Crippen molar-refractivity contribution in [2.45, 2.75) is 89.3 Å². The fourth-order valence-electron chi connectivity index (χ4n) is 9.80. The highest BCUT2D eigenvalue weighted by Crippen LogP contribution is 2.38. The number of piperazine rings is 1. The first-order chi connectivity index (χ1) is 35.8. The number of aliphatic hydroxyl groups excluding tert-OH is 1. The third-order valence-corrected chi connectivity index (χ3v) is 13.8. The van der Waals surface area contributed by atoms with Crippen LogP contribution in [0.1, 0.15) is 119 Å². The molecule has 0 saturated carbocycles. The Morgan fingerprint density at radius 1 is 0.851 bits per heavy atom. The van der Waals surface area contributed by atoms with E-state index in [1.165, 1.54) is 0 Å². The molecule has 2 atom stereocenters. The van der Waals surface area contributed by atoms with Gasteiger partial charge in [0.15, 0.2) is 0 Å². The lowest BCUT2D eigenvalue weighted by atomic mass is 9.95. The maximum atomic E-state index is 13.3. The molecule has 74 heavy (non-hydrogen) atoms.